The molecule has 0 spiro atoms. The topological polar surface area (TPSA) is 50.9 Å². The first-order chi connectivity index (χ1) is 5.68. The third kappa shape index (κ3) is 0.953. The van der Waals surface area contributed by atoms with Gasteiger partial charge in [-0.05, 0) is 27.2 Å². The molecule has 0 atom stereocenters. The fraction of sp³-hybridized carbons (Fsp3) is 0. The summed E-state index contributed by atoms with van der Waals surface area (Å²) in [6.45, 7) is 0. The van der Waals surface area contributed by atoms with E-state index in [1.165, 1.54) is 6.07 Å². The molecule has 6 heteroatoms. The van der Waals surface area contributed by atoms with Crippen molar-refractivity contribution in [3.8, 4) is 0 Å². The Morgan fingerprint density at radius 2 is 2.25 bits per heavy atom. The number of hydrogen-bond acceptors (Lipinski definition) is 3. The zero-order valence-corrected chi connectivity index (χ0v) is 7.29. The third-order valence-electron chi connectivity index (χ3n) is 1.47. The number of rotatable bonds is 0. The Morgan fingerprint density at radius 3 is 3.00 bits per heavy atom. The molecule has 2 aromatic rings. The Hall–Kier alpha value is -1.17. The quantitative estimate of drug-likeness (QED) is 0.701. The van der Waals surface area contributed by atoms with Gasteiger partial charge in [0.25, 0.3) is 0 Å². The van der Waals surface area contributed by atoms with Gasteiger partial charge < -0.3 is 5.21 Å². The average molecular weight is 232 g/mol. The smallest absolute Gasteiger partial charge is 0.139 e. The Labute approximate surface area is 74.7 Å². The minimum atomic E-state index is -0.458. The highest BCUT2D eigenvalue weighted by molar-refractivity contribution is 9.10. The second-order valence-corrected chi connectivity index (χ2v) is 3.09. The van der Waals surface area contributed by atoms with Gasteiger partial charge in [-0.1, -0.05) is 4.85 Å². The number of hydrogen-bond donors (Lipinski definition) is 1. The van der Waals surface area contributed by atoms with E-state index in [0.717, 1.165) is 6.07 Å². The van der Waals surface area contributed by atoms with Crippen LogP contribution < -0.4 is 0 Å². The number of fused-ring (bicyclic) bond motifs is 1. The van der Waals surface area contributed by atoms with Crippen molar-refractivity contribution in [1.29, 1.82) is 0 Å². The molecular formula is C6H3BrFN3O. The lowest BCUT2D eigenvalue weighted by Gasteiger charge is -1.93. The molecule has 0 aliphatic carbocycles. The Kier molecular flexibility index (Phi) is 1.50. The van der Waals surface area contributed by atoms with Gasteiger partial charge >= 0.3 is 0 Å². The van der Waals surface area contributed by atoms with Crippen molar-refractivity contribution in [1.82, 2.24) is 15.2 Å². The van der Waals surface area contributed by atoms with Crippen LogP contribution in [0.4, 0.5) is 4.39 Å². The highest BCUT2D eigenvalue weighted by atomic mass is 79.9. The van der Waals surface area contributed by atoms with Crippen molar-refractivity contribution in [3.63, 3.8) is 0 Å². The van der Waals surface area contributed by atoms with E-state index < -0.39 is 5.82 Å². The van der Waals surface area contributed by atoms with Crippen LogP contribution in [0.25, 0.3) is 11.0 Å². The maximum absolute atomic E-state index is 12.9. The van der Waals surface area contributed by atoms with Crippen LogP contribution in [0.15, 0.2) is 16.6 Å². The number of aromatic nitrogens is 3. The van der Waals surface area contributed by atoms with Crippen LogP contribution in [0, 0.1) is 5.82 Å². The summed E-state index contributed by atoms with van der Waals surface area (Å²) in [5, 5.41) is 15.9. The van der Waals surface area contributed by atoms with Gasteiger partial charge in [-0.3, -0.25) is 0 Å². The summed E-state index contributed by atoms with van der Waals surface area (Å²) < 4.78 is 13.2. The Morgan fingerprint density at radius 1 is 1.50 bits per heavy atom. The first-order valence-corrected chi connectivity index (χ1v) is 3.87. The second kappa shape index (κ2) is 2.41. The molecular weight excluding hydrogens is 229 g/mol. The van der Waals surface area contributed by atoms with E-state index in [-0.39, 0.29) is 5.52 Å². The molecule has 0 radical (unpaired) electrons. The van der Waals surface area contributed by atoms with E-state index in [2.05, 4.69) is 26.2 Å². The lowest BCUT2D eigenvalue weighted by Crippen LogP contribution is -1.91. The van der Waals surface area contributed by atoms with Crippen molar-refractivity contribution in [2.75, 3.05) is 0 Å². The molecule has 0 fully saturated rings. The van der Waals surface area contributed by atoms with Crippen LogP contribution in [0.2, 0.25) is 0 Å². The van der Waals surface area contributed by atoms with E-state index in [1.54, 1.807) is 0 Å². The fourth-order valence-corrected chi connectivity index (χ4v) is 1.24. The van der Waals surface area contributed by atoms with Crippen molar-refractivity contribution < 1.29 is 9.60 Å². The monoisotopic (exact) mass is 231 g/mol. The summed E-state index contributed by atoms with van der Waals surface area (Å²) in [6.07, 6.45) is 0. The van der Waals surface area contributed by atoms with Gasteiger partial charge in [-0.2, -0.15) is 0 Å². The first-order valence-electron chi connectivity index (χ1n) is 3.08. The van der Waals surface area contributed by atoms with Crippen LogP contribution in [-0.4, -0.2) is 20.4 Å². The molecule has 0 saturated carbocycles. The van der Waals surface area contributed by atoms with E-state index in [4.69, 9.17) is 5.21 Å². The highest BCUT2D eigenvalue weighted by Crippen LogP contribution is 2.20. The molecule has 2 rings (SSSR count). The minimum absolute atomic E-state index is 0.246. The standard InChI is InChI=1S/C6H3BrFN3O/c7-3-1-5-6(2-4(3)8)11(12)10-9-5/h1-2,12H. The largest absolute Gasteiger partial charge is 0.410 e. The van der Waals surface area contributed by atoms with Crippen LogP contribution in [0.3, 0.4) is 0 Å². The van der Waals surface area contributed by atoms with Crippen molar-refractivity contribution >= 4 is 27.0 Å². The highest BCUT2D eigenvalue weighted by Gasteiger charge is 2.07. The predicted molar refractivity (Wildman–Crippen MR) is 42.4 cm³/mol. The van der Waals surface area contributed by atoms with Crippen molar-refractivity contribution in [2.45, 2.75) is 0 Å². The van der Waals surface area contributed by atoms with Crippen molar-refractivity contribution in [3.05, 3.63) is 22.4 Å². The second-order valence-electron chi connectivity index (χ2n) is 2.23. The third-order valence-corrected chi connectivity index (χ3v) is 2.08. The molecule has 12 heavy (non-hydrogen) atoms. The fourth-order valence-electron chi connectivity index (χ4n) is 0.905. The average Bonchev–Trinajstić information content (AvgIpc) is 2.35. The SMILES string of the molecule is On1nnc2cc(Br)c(F)cc21. The van der Waals surface area contributed by atoms with Crippen molar-refractivity contribution in [2.24, 2.45) is 0 Å². The summed E-state index contributed by atoms with van der Waals surface area (Å²) in [7, 11) is 0. The molecule has 0 amide bonds. The molecule has 0 bridgehead atoms. The Balaban J connectivity index is 2.87. The van der Waals surface area contributed by atoms with Gasteiger partial charge in [0, 0.05) is 6.07 Å². The van der Waals surface area contributed by atoms with Crippen LogP contribution >= 0.6 is 15.9 Å². The number of nitrogens with zero attached hydrogens (tertiary/aromatic N) is 3. The minimum Gasteiger partial charge on any atom is -0.410 e. The summed E-state index contributed by atoms with van der Waals surface area (Å²) in [5.74, 6) is -0.458. The first kappa shape index (κ1) is 7.48. The molecule has 0 aliphatic heterocycles. The molecule has 1 aromatic carbocycles. The molecule has 0 aliphatic rings. The molecule has 0 saturated heterocycles. The summed E-state index contributed by atoms with van der Waals surface area (Å²) in [4.78, 5) is 0.533. The molecule has 1 aromatic heterocycles. The maximum atomic E-state index is 12.9. The van der Waals surface area contributed by atoms with Crippen LogP contribution in [0.5, 0.6) is 0 Å². The van der Waals surface area contributed by atoms with E-state index in [9.17, 15) is 4.39 Å². The van der Waals surface area contributed by atoms with E-state index in [1.807, 2.05) is 0 Å². The van der Waals surface area contributed by atoms with Gasteiger partial charge in [0.15, 0.2) is 0 Å². The number of halogens is 2. The summed E-state index contributed by atoms with van der Waals surface area (Å²) in [6, 6.07) is 2.60. The number of benzene rings is 1. The van der Waals surface area contributed by atoms with Crippen LogP contribution in [0.1, 0.15) is 0 Å². The molecule has 4 nitrogen and oxygen atoms in total. The maximum Gasteiger partial charge on any atom is 0.139 e. The lowest BCUT2D eigenvalue weighted by atomic mass is 10.3. The predicted octanol–water partition coefficient (Wildman–Crippen LogP) is 1.57. The van der Waals surface area contributed by atoms with E-state index >= 15 is 0 Å². The summed E-state index contributed by atoms with van der Waals surface area (Å²) >= 11 is 2.99. The molecule has 62 valence electrons. The van der Waals surface area contributed by atoms with Gasteiger partial charge in [0.2, 0.25) is 0 Å². The molecule has 1 N–H and O–H groups in total. The molecule has 0 unspecified atom stereocenters. The van der Waals surface area contributed by atoms with Gasteiger partial charge in [0.05, 0.1) is 4.47 Å². The van der Waals surface area contributed by atoms with Gasteiger partial charge in [-0.25, -0.2) is 4.39 Å². The van der Waals surface area contributed by atoms with Gasteiger partial charge in [-0.15, -0.1) is 5.10 Å². The zero-order chi connectivity index (χ0) is 8.72. The molecule has 1 heterocycles. The zero-order valence-electron chi connectivity index (χ0n) is 5.70. The lowest BCUT2D eigenvalue weighted by molar-refractivity contribution is 0.154. The van der Waals surface area contributed by atoms with Gasteiger partial charge in [0.1, 0.15) is 16.9 Å². The Bertz CT molecular complexity index is 442. The van der Waals surface area contributed by atoms with E-state index in [0.29, 0.717) is 14.8 Å². The summed E-state index contributed by atoms with van der Waals surface area (Å²) in [5.41, 5.74) is 0.682. The normalized spacial score (nSPS) is 10.8. The van der Waals surface area contributed by atoms with Crippen LogP contribution in [-0.2, 0) is 0 Å².